The molecule has 1 atom stereocenters. The Bertz CT molecular complexity index is 450. The smallest absolute Gasteiger partial charge is 0.254 e. The van der Waals surface area contributed by atoms with Gasteiger partial charge < -0.3 is 9.80 Å². The minimum atomic E-state index is 0.120. The molecule has 1 aliphatic rings. The molecule has 0 saturated carbocycles. The first kappa shape index (κ1) is 14.4. The van der Waals surface area contributed by atoms with Crippen molar-refractivity contribution in [1.29, 1.82) is 0 Å². The zero-order valence-corrected chi connectivity index (χ0v) is 12.4. The maximum Gasteiger partial charge on any atom is 0.254 e. The lowest BCUT2D eigenvalue weighted by Crippen LogP contribution is -2.42. The molecule has 1 unspecified atom stereocenters. The zero-order chi connectivity index (χ0) is 13.8. The van der Waals surface area contributed by atoms with Crippen molar-refractivity contribution in [3.05, 3.63) is 35.4 Å². The second-order valence-corrected chi connectivity index (χ2v) is 5.56. The molecule has 0 aliphatic carbocycles. The van der Waals surface area contributed by atoms with Crippen LogP contribution in [0, 0.1) is 0 Å². The van der Waals surface area contributed by atoms with E-state index in [1.165, 1.54) is 0 Å². The number of amides is 1. The average Bonchev–Trinajstić information content (AvgIpc) is 2.58. The van der Waals surface area contributed by atoms with Crippen molar-refractivity contribution in [2.24, 2.45) is 0 Å². The first-order valence-corrected chi connectivity index (χ1v) is 7.29. The van der Waals surface area contributed by atoms with Crippen molar-refractivity contribution in [1.82, 2.24) is 9.80 Å². The summed E-state index contributed by atoms with van der Waals surface area (Å²) < 4.78 is 0. The number of carbonyl (C=O) groups is 1. The molecular weight excluding hydrogens is 260 g/mol. The third-order valence-electron chi connectivity index (χ3n) is 3.64. The van der Waals surface area contributed by atoms with Crippen LogP contribution in [-0.2, 0) is 5.88 Å². The van der Waals surface area contributed by atoms with Crippen molar-refractivity contribution in [2.75, 3.05) is 26.7 Å². The quantitative estimate of drug-likeness (QED) is 0.778. The van der Waals surface area contributed by atoms with Crippen LogP contribution in [0.1, 0.15) is 29.3 Å². The van der Waals surface area contributed by atoms with E-state index in [1.807, 2.05) is 29.2 Å². The fourth-order valence-corrected chi connectivity index (χ4v) is 2.79. The van der Waals surface area contributed by atoms with Gasteiger partial charge in [0.1, 0.15) is 0 Å². The topological polar surface area (TPSA) is 23.6 Å². The molecule has 4 heteroatoms. The van der Waals surface area contributed by atoms with Crippen molar-refractivity contribution < 1.29 is 4.79 Å². The van der Waals surface area contributed by atoms with E-state index in [4.69, 9.17) is 11.6 Å². The molecule has 0 aromatic heterocycles. The highest BCUT2D eigenvalue weighted by molar-refractivity contribution is 6.17. The predicted octanol–water partition coefficient (Wildman–Crippen LogP) is 2.59. The van der Waals surface area contributed by atoms with E-state index in [1.54, 1.807) is 0 Å². The molecule has 1 aliphatic heterocycles. The van der Waals surface area contributed by atoms with Gasteiger partial charge in [-0.3, -0.25) is 4.79 Å². The zero-order valence-electron chi connectivity index (χ0n) is 11.6. The van der Waals surface area contributed by atoms with Crippen LogP contribution in [0.2, 0.25) is 0 Å². The van der Waals surface area contributed by atoms with Crippen molar-refractivity contribution >= 4 is 17.5 Å². The van der Waals surface area contributed by atoms with E-state index < -0.39 is 0 Å². The van der Waals surface area contributed by atoms with Gasteiger partial charge >= 0.3 is 0 Å². The average molecular weight is 281 g/mol. The molecule has 1 fully saturated rings. The van der Waals surface area contributed by atoms with E-state index in [0.717, 1.165) is 37.2 Å². The summed E-state index contributed by atoms with van der Waals surface area (Å²) in [6.07, 6.45) is 1.03. The monoisotopic (exact) mass is 280 g/mol. The maximum absolute atomic E-state index is 12.6. The molecule has 0 N–H and O–H groups in total. The van der Waals surface area contributed by atoms with Gasteiger partial charge in [-0.25, -0.2) is 0 Å². The van der Waals surface area contributed by atoms with E-state index in [2.05, 4.69) is 18.9 Å². The Morgan fingerprint density at radius 3 is 2.95 bits per heavy atom. The fraction of sp³-hybridized carbons (Fsp3) is 0.533. The maximum atomic E-state index is 12.6. The number of hydrogen-bond donors (Lipinski definition) is 0. The van der Waals surface area contributed by atoms with Crippen LogP contribution in [0.3, 0.4) is 0 Å². The number of rotatable bonds is 2. The predicted molar refractivity (Wildman–Crippen MR) is 78.6 cm³/mol. The standard InChI is InChI=1S/C15H21ClN2O/c1-12-11-17(2)7-4-8-18(12)15(19)14-6-3-5-13(9-14)10-16/h3,5-6,9,12H,4,7-8,10-11H2,1-2H3. The molecule has 0 radical (unpaired) electrons. The summed E-state index contributed by atoms with van der Waals surface area (Å²) in [5.74, 6) is 0.564. The first-order chi connectivity index (χ1) is 9.11. The lowest BCUT2D eigenvalue weighted by Gasteiger charge is -2.28. The van der Waals surface area contributed by atoms with E-state index in [0.29, 0.717) is 5.88 Å². The van der Waals surface area contributed by atoms with Crippen molar-refractivity contribution in [3.63, 3.8) is 0 Å². The van der Waals surface area contributed by atoms with Gasteiger partial charge in [-0.15, -0.1) is 11.6 Å². The summed E-state index contributed by atoms with van der Waals surface area (Å²) in [5.41, 5.74) is 1.74. The van der Waals surface area contributed by atoms with Crippen molar-refractivity contribution in [3.8, 4) is 0 Å². The molecule has 1 heterocycles. The number of alkyl halides is 1. The Hall–Kier alpha value is -1.06. The van der Waals surface area contributed by atoms with Crippen LogP contribution in [0.5, 0.6) is 0 Å². The van der Waals surface area contributed by atoms with E-state index >= 15 is 0 Å². The minimum Gasteiger partial charge on any atom is -0.335 e. The molecular formula is C15H21ClN2O. The Morgan fingerprint density at radius 1 is 1.42 bits per heavy atom. The summed E-state index contributed by atoms with van der Waals surface area (Å²) in [5, 5.41) is 0. The van der Waals surface area contributed by atoms with Crippen LogP contribution in [0.4, 0.5) is 0 Å². The van der Waals surface area contributed by atoms with Crippen LogP contribution in [0.15, 0.2) is 24.3 Å². The summed E-state index contributed by atoms with van der Waals surface area (Å²) in [6.45, 7) is 4.93. The van der Waals surface area contributed by atoms with Crippen LogP contribution in [-0.4, -0.2) is 48.4 Å². The van der Waals surface area contributed by atoms with Gasteiger partial charge in [-0.2, -0.15) is 0 Å². The van der Waals surface area contributed by atoms with Gasteiger partial charge in [-0.1, -0.05) is 12.1 Å². The highest BCUT2D eigenvalue weighted by Gasteiger charge is 2.24. The highest BCUT2D eigenvalue weighted by Crippen LogP contribution is 2.15. The third kappa shape index (κ3) is 3.48. The lowest BCUT2D eigenvalue weighted by atomic mass is 10.1. The highest BCUT2D eigenvalue weighted by atomic mass is 35.5. The van der Waals surface area contributed by atoms with Gasteiger partial charge in [0.2, 0.25) is 0 Å². The number of halogens is 1. The molecule has 3 nitrogen and oxygen atoms in total. The number of nitrogens with zero attached hydrogens (tertiary/aromatic N) is 2. The summed E-state index contributed by atoms with van der Waals surface area (Å²) in [6, 6.07) is 7.87. The third-order valence-corrected chi connectivity index (χ3v) is 3.94. The number of benzene rings is 1. The molecule has 19 heavy (non-hydrogen) atoms. The number of hydrogen-bond acceptors (Lipinski definition) is 2. The van der Waals surface area contributed by atoms with Gasteiger partial charge in [0, 0.05) is 30.6 Å². The number of carbonyl (C=O) groups excluding carboxylic acids is 1. The second-order valence-electron chi connectivity index (χ2n) is 5.30. The second kappa shape index (κ2) is 6.40. The van der Waals surface area contributed by atoms with Gasteiger partial charge in [-0.05, 0) is 44.6 Å². The van der Waals surface area contributed by atoms with Crippen molar-refractivity contribution in [2.45, 2.75) is 25.3 Å². The summed E-state index contributed by atoms with van der Waals surface area (Å²) >= 11 is 5.83. The molecule has 0 bridgehead atoms. The van der Waals surface area contributed by atoms with Crippen LogP contribution >= 0.6 is 11.6 Å². The van der Waals surface area contributed by atoms with Gasteiger partial charge in [0.25, 0.3) is 5.91 Å². The summed E-state index contributed by atoms with van der Waals surface area (Å²) in [4.78, 5) is 16.9. The minimum absolute atomic E-state index is 0.120. The Balaban J connectivity index is 2.17. The Morgan fingerprint density at radius 2 is 2.21 bits per heavy atom. The lowest BCUT2D eigenvalue weighted by molar-refractivity contribution is 0.0696. The van der Waals surface area contributed by atoms with Crippen LogP contribution in [0.25, 0.3) is 0 Å². The summed E-state index contributed by atoms with van der Waals surface area (Å²) in [7, 11) is 2.11. The first-order valence-electron chi connectivity index (χ1n) is 6.76. The van der Waals surface area contributed by atoms with E-state index in [9.17, 15) is 4.79 Å². The SMILES string of the molecule is CC1CN(C)CCCN1C(=O)c1cccc(CCl)c1. The molecule has 104 valence electrons. The fourth-order valence-electron chi connectivity index (χ4n) is 2.63. The van der Waals surface area contributed by atoms with Gasteiger partial charge in [0.05, 0.1) is 0 Å². The molecule has 1 aromatic rings. The molecule has 2 rings (SSSR count). The Kier molecular flexibility index (Phi) is 4.83. The molecule has 1 saturated heterocycles. The van der Waals surface area contributed by atoms with E-state index in [-0.39, 0.29) is 11.9 Å². The molecule has 0 spiro atoms. The van der Waals surface area contributed by atoms with Crippen LogP contribution < -0.4 is 0 Å². The van der Waals surface area contributed by atoms with Gasteiger partial charge in [0.15, 0.2) is 0 Å². The normalized spacial score (nSPS) is 21.2. The largest absolute Gasteiger partial charge is 0.335 e. The Labute approximate surface area is 120 Å². The number of likely N-dealkylation sites (N-methyl/N-ethyl adjacent to an activating group) is 1. The molecule has 1 amide bonds. The molecule has 1 aromatic carbocycles.